The van der Waals surface area contributed by atoms with Crippen molar-refractivity contribution in [1.29, 1.82) is 0 Å². The van der Waals surface area contributed by atoms with Gasteiger partial charge < -0.3 is 19.7 Å². The molecule has 0 bridgehead atoms. The Balaban J connectivity index is 1.81. The van der Waals surface area contributed by atoms with E-state index in [0.29, 0.717) is 9.87 Å². The Bertz CT molecular complexity index is 1350. The molecule has 0 radical (unpaired) electrons. The Morgan fingerprint density at radius 1 is 1.03 bits per heavy atom. The largest absolute Gasteiger partial charge is 0.458 e. The van der Waals surface area contributed by atoms with Gasteiger partial charge in [0.05, 0.1) is 5.56 Å². The Morgan fingerprint density at radius 3 is 2.18 bits per heavy atom. The zero-order chi connectivity index (χ0) is 28.4. The van der Waals surface area contributed by atoms with Gasteiger partial charge in [-0.1, -0.05) is 24.3 Å². The van der Waals surface area contributed by atoms with Crippen LogP contribution >= 0.6 is 0 Å². The molecule has 12 heteroatoms. The van der Waals surface area contributed by atoms with Crippen molar-refractivity contribution in [3.63, 3.8) is 0 Å². The minimum atomic E-state index is -4.24. The number of nitrogens with zero attached hydrogens (tertiary/aromatic N) is 2. The molecule has 0 fully saturated rings. The van der Waals surface area contributed by atoms with Crippen molar-refractivity contribution in [2.45, 2.75) is 56.7 Å². The van der Waals surface area contributed by atoms with E-state index >= 15 is 0 Å². The monoisotopic (exact) mass is 545 g/mol. The normalized spacial score (nSPS) is 15.7. The van der Waals surface area contributed by atoms with Crippen molar-refractivity contribution < 1.29 is 37.1 Å². The van der Waals surface area contributed by atoms with E-state index in [2.05, 4.69) is 5.32 Å². The van der Waals surface area contributed by atoms with Crippen LogP contribution in [0.2, 0.25) is 0 Å². The molecule has 0 aliphatic carbocycles. The lowest BCUT2D eigenvalue weighted by Crippen LogP contribution is -2.53. The molecule has 1 aliphatic rings. The molecule has 1 unspecified atom stereocenters. The summed E-state index contributed by atoms with van der Waals surface area (Å²) in [5, 5.41) is 2.55. The van der Waals surface area contributed by atoms with E-state index in [9.17, 15) is 27.6 Å². The maximum atomic E-state index is 13.2. The van der Waals surface area contributed by atoms with Crippen molar-refractivity contribution in [3.8, 4) is 5.75 Å². The van der Waals surface area contributed by atoms with Gasteiger partial charge in [-0.2, -0.15) is 0 Å². The summed E-state index contributed by atoms with van der Waals surface area (Å²) in [4.78, 5) is 51.9. The number of sulfonamides is 1. The summed E-state index contributed by atoms with van der Waals surface area (Å²) in [5.41, 5.74) is -0.270. The summed E-state index contributed by atoms with van der Waals surface area (Å²) >= 11 is 0. The molecule has 1 aliphatic heterocycles. The van der Waals surface area contributed by atoms with Gasteiger partial charge in [0.15, 0.2) is 0 Å². The lowest BCUT2D eigenvalue weighted by Gasteiger charge is -2.27. The summed E-state index contributed by atoms with van der Waals surface area (Å²) in [6.07, 6.45) is -0.560. The highest BCUT2D eigenvalue weighted by Gasteiger charge is 2.46. The molecule has 1 heterocycles. The molecule has 38 heavy (non-hydrogen) atoms. The van der Waals surface area contributed by atoms with E-state index in [-0.39, 0.29) is 22.6 Å². The number of hydrogen-bond donors (Lipinski definition) is 1. The average molecular weight is 546 g/mol. The molecular formula is C26H31N3O8S. The highest BCUT2D eigenvalue weighted by atomic mass is 32.2. The van der Waals surface area contributed by atoms with Crippen LogP contribution in [-0.2, 0) is 30.8 Å². The standard InChI is InChI=1S/C26H31N3O8S/c1-16(29-23(31)19-9-7-8-10-21(19)38(29,34)35)22(30)27-20(24(32)37-26(2,3)4)15-17-11-13-18(14-12-17)36-25(33)28(5)6/h7-14,16,20H,15H2,1-6H3,(H,27,30)/t16?,20-/m0/s1. The SMILES string of the molecule is CC(C(=O)N[C@@H](Cc1ccc(OC(=O)N(C)C)cc1)C(=O)OC(C)(C)C)N1C(=O)c2ccccc2S1(=O)=O. The van der Waals surface area contributed by atoms with Gasteiger partial charge in [0, 0.05) is 20.5 Å². The molecule has 3 rings (SSSR count). The molecule has 2 aromatic carbocycles. The Kier molecular flexibility index (Phi) is 8.15. The van der Waals surface area contributed by atoms with Crippen molar-refractivity contribution in [2.24, 2.45) is 0 Å². The Morgan fingerprint density at radius 2 is 1.63 bits per heavy atom. The summed E-state index contributed by atoms with van der Waals surface area (Å²) < 4.78 is 37.1. The average Bonchev–Trinajstić information content (AvgIpc) is 3.03. The first kappa shape index (κ1) is 28.6. The van der Waals surface area contributed by atoms with E-state index in [1.54, 1.807) is 59.1 Å². The van der Waals surface area contributed by atoms with Crippen molar-refractivity contribution in [3.05, 3.63) is 59.7 Å². The fraction of sp³-hybridized carbons (Fsp3) is 0.385. The number of amides is 3. The number of benzene rings is 2. The second kappa shape index (κ2) is 10.8. The molecule has 204 valence electrons. The molecule has 0 aromatic heterocycles. The van der Waals surface area contributed by atoms with Gasteiger partial charge in [0.25, 0.3) is 15.9 Å². The summed E-state index contributed by atoms with van der Waals surface area (Å²) in [7, 11) is -1.15. The number of carbonyl (C=O) groups excluding carboxylic acids is 4. The van der Waals surface area contributed by atoms with Gasteiger partial charge in [-0.05, 0) is 57.5 Å². The molecule has 3 amide bonds. The number of fused-ring (bicyclic) bond motifs is 1. The van der Waals surface area contributed by atoms with E-state index in [1.807, 2.05) is 0 Å². The van der Waals surface area contributed by atoms with Crippen LogP contribution in [0.4, 0.5) is 4.79 Å². The second-order valence-corrected chi connectivity index (χ2v) is 11.8. The summed E-state index contributed by atoms with van der Waals surface area (Å²) in [6.45, 7) is 6.30. The molecule has 1 N–H and O–H groups in total. The van der Waals surface area contributed by atoms with Crippen LogP contribution in [0.5, 0.6) is 5.75 Å². The van der Waals surface area contributed by atoms with Crippen LogP contribution in [0.25, 0.3) is 0 Å². The number of rotatable bonds is 7. The van der Waals surface area contributed by atoms with Gasteiger partial charge in [-0.3, -0.25) is 9.59 Å². The molecule has 0 saturated heterocycles. The second-order valence-electron chi connectivity index (χ2n) is 9.98. The van der Waals surface area contributed by atoms with Crippen LogP contribution in [0.3, 0.4) is 0 Å². The molecular weight excluding hydrogens is 514 g/mol. The molecule has 0 spiro atoms. The predicted octanol–water partition coefficient (Wildman–Crippen LogP) is 2.35. The number of ether oxygens (including phenoxy) is 2. The van der Waals surface area contributed by atoms with Crippen molar-refractivity contribution in [2.75, 3.05) is 14.1 Å². The van der Waals surface area contributed by atoms with Gasteiger partial charge >= 0.3 is 12.1 Å². The maximum Gasteiger partial charge on any atom is 0.414 e. The Labute approximate surface area is 221 Å². The lowest BCUT2D eigenvalue weighted by molar-refractivity contribution is -0.158. The number of carbonyl (C=O) groups is 4. The molecule has 11 nitrogen and oxygen atoms in total. The minimum Gasteiger partial charge on any atom is -0.458 e. The Hall–Kier alpha value is -3.93. The van der Waals surface area contributed by atoms with Crippen LogP contribution < -0.4 is 10.1 Å². The number of esters is 1. The summed E-state index contributed by atoms with van der Waals surface area (Å²) in [6, 6.07) is 9.40. The first-order chi connectivity index (χ1) is 17.6. The highest BCUT2D eigenvalue weighted by molar-refractivity contribution is 7.90. The smallest absolute Gasteiger partial charge is 0.414 e. The fourth-order valence-electron chi connectivity index (χ4n) is 3.67. The quantitative estimate of drug-likeness (QED) is 0.523. The van der Waals surface area contributed by atoms with Crippen molar-refractivity contribution in [1.82, 2.24) is 14.5 Å². The topological polar surface area (TPSA) is 139 Å². The van der Waals surface area contributed by atoms with E-state index < -0.39 is 51.6 Å². The lowest BCUT2D eigenvalue weighted by atomic mass is 10.0. The van der Waals surface area contributed by atoms with E-state index in [1.165, 1.54) is 36.1 Å². The van der Waals surface area contributed by atoms with E-state index in [0.717, 1.165) is 0 Å². The minimum absolute atomic E-state index is 0.00377. The third-order valence-corrected chi connectivity index (χ3v) is 7.44. The number of nitrogens with one attached hydrogen (secondary N) is 1. The maximum absolute atomic E-state index is 13.2. The summed E-state index contributed by atoms with van der Waals surface area (Å²) in [5.74, 6) is -2.11. The molecule has 2 atom stereocenters. The molecule has 0 saturated carbocycles. The molecule has 2 aromatic rings. The first-order valence-corrected chi connectivity index (χ1v) is 13.2. The van der Waals surface area contributed by atoms with Crippen LogP contribution in [0, 0.1) is 0 Å². The highest BCUT2D eigenvalue weighted by Crippen LogP contribution is 2.31. The van der Waals surface area contributed by atoms with Gasteiger partial charge in [0.2, 0.25) is 5.91 Å². The predicted molar refractivity (Wildman–Crippen MR) is 137 cm³/mol. The number of hydrogen-bond acceptors (Lipinski definition) is 8. The van der Waals surface area contributed by atoms with Gasteiger partial charge in [0.1, 0.15) is 28.3 Å². The van der Waals surface area contributed by atoms with Crippen LogP contribution in [0.1, 0.15) is 43.6 Å². The van der Waals surface area contributed by atoms with Crippen molar-refractivity contribution >= 4 is 33.9 Å². The third-order valence-electron chi connectivity index (χ3n) is 5.53. The first-order valence-electron chi connectivity index (χ1n) is 11.8. The zero-order valence-corrected chi connectivity index (χ0v) is 22.9. The van der Waals surface area contributed by atoms with Crippen LogP contribution in [-0.4, -0.2) is 73.3 Å². The fourth-order valence-corrected chi connectivity index (χ4v) is 5.40. The third kappa shape index (κ3) is 6.31. The van der Waals surface area contributed by atoms with E-state index in [4.69, 9.17) is 9.47 Å². The zero-order valence-electron chi connectivity index (χ0n) is 22.0. The van der Waals surface area contributed by atoms with Gasteiger partial charge in [-0.15, -0.1) is 0 Å². The van der Waals surface area contributed by atoms with Crippen LogP contribution in [0.15, 0.2) is 53.4 Å². The van der Waals surface area contributed by atoms with Gasteiger partial charge in [-0.25, -0.2) is 22.3 Å².